The first-order valence-electron chi connectivity index (χ1n) is 8.57. The van der Waals surface area contributed by atoms with Crippen LogP contribution in [0.2, 0.25) is 5.02 Å². The summed E-state index contributed by atoms with van der Waals surface area (Å²) in [6.07, 6.45) is 1.56. The molecule has 6 heteroatoms. The van der Waals surface area contributed by atoms with Crippen LogP contribution in [-0.2, 0) is 0 Å². The van der Waals surface area contributed by atoms with Crippen LogP contribution < -0.4 is 4.74 Å². The smallest absolute Gasteiger partial charge is 0.180 e. The molecule has 138 valence electrons. The van der Waals surface area contributed by atoms with E-state index in [-0.39, 0.29) is 5.78 Å². The molecule has 0 fully saturated rings. The maximum absolute atomic E-state index is 13.1. The normalized spacial score (nSPS) is 12.3. The molecule has 3 aromatic rings. The second kappa shape index (κ2) is 8.64. The van der Waals surface area contributed by atoms with Crippen LogP contribution in [0, 0.1) is 6.92 Å². The molecule has 1 aromatic heterocycles. The number of aryl methyl sites for hydroxylation is 1. The zero-order valence-corrected chi connectivity index (χ0v) is 15.8. The van der Waals surface area contributed by atoms with E-state index in [2.05, 4.69) is 10.1 Å². The number of carbonyl (C=O) groups is 1. The summed E-state index contributed by atoms with van der Waals surface area (Å²) in [6, 6.07) is 16.0. The third-order valence-electron chi connectivity index (χ3n) is 3.89. The second-order valence-corrected chi connectivity index (χ2v) is 6.30. The number of aliphatic imine (C=N–C) groups is 1. The van der Waals surface area contributed by atoms with Gasteiger partial charge in [-0.05, 0) is 50.2 Å². The summed E-state index contributed by atoms with van der Waals surface area (Å²) < 4.78 is 10.7. The number of aromatic nitrogens is 1. The minimum atomic E-state index is -0.724. The van der Waals surface area contributed by atoms with Gasteiger partial charge in [0, 0.05) is 17.8 Å². The number of carbonyl (C=O) groups excluding carboxylic acids is 1. The van der Waals surface area contributed by atoms with E-state index in [1.807, 2.05) is 31.2 Å². The molecule has 0 amide bonds. The van der Waals surface area contributed by atoms with Gasteiger partial charge < -0.3 is 9.26 Å². The Hall–Kier alpha value is -2.92. The van der Waals surface area contributed by atoms with Gasteiger partial charge in [0.15, 0.2) is 11.5 Å². The number of nitrogens with zero attached hydrogens (tertiary/aromatic N) is 2. The maximum Gasteiger partial charge on any atom is 0.180 e. The first-order valence-corrected chi connectivity index (χ1v) is 8.95. The van der Waals surface area contributed by atoms with Gasteiger partial charge in [-0.15, -0.1) is 0 Å². The fourth-order valence-electron chi connectivity index (χ4n) is 2.58. The first-order chi connectivity index (χ1) is 13.1. The van der Waals surface area contributed by atoms with E-state index in [1.165, 1.54) is 0 Å². The first kappa shape index (κ1) is 18.9. The Balaban J connectivity index is 1.91. The average Bonchev–Trinajstić information content (AvgIpc) is 3.10. The average molecular weight is 383 g/mol. The van der Waals surface area contributed by atoms with E-state index in [0.29, 0.717) is 34.3 Å². The Morgan fingerprint density at radius 1 is 1.26 bits per heavy atom. The second-order valence-electron chi connectivity index (χ2n) is 5.90. The quantitative estimate of drug-likeness (QED) is 0.405. The molecule has 5 nitrogen and oxygen atoms in total. The molecule has 0 spiro atoms. The van der Waals surface area contributed by atoms with Crippen LogP contribution in [0.4, 0.5) is 5.69 Å². The van der Waals surface area contributed by atoms with E-state index >= 15 is 0 Å². The Bertz CT molecular complexity index is 948. The van der Waals surface area contributed by atoms with E-state index in [4.69, 9.17) is 20.9 Å². The number of hydrogen-bond acceptors (Lipinski definition) is 5. The lowest BCUT2D eigenvalue weighted by Crippen LogP contribution is -2.14. The van der Waals surface area contributed by atoms with E-state index in [0.717, 1.165) is 5.75 Å². The number of ketones is 1. The molecule has 27 heavy (non-hydrogen) atoms. The van der Waals surface area contributed by atoms with Gasteiger partial charge in [-0.2, -0.15) is 0 Å². The Labute approximate surface area is 162 Å². The van der Waals surface area contributed by atoms with Gasteiger partial charge in [0.25, 0.3) is 0 Å². The molecule has 1 heterocycles. The molecule has 0 saturated heterocycles. The molecule has 1 unspecified atom stereocenters. The van der Waals surface area contributed by atoms with Crippen LogP contribution in [0.5, 0.6) is 5.75 Å². The number of rotatable bonds is 7. The molecule has 0 aliphatic rings. The number of ether oxygens (including phenoxy) is 1. The fourth-order valence-corrected chi connectivity index (χ4v) is 2.81. The van der Waals surface area contributed by atoms with Gasteiger partial charge >= 0.3 is 0 Å². The predicted molar refractivity (Wildman–Crippen MR) is 106 cm³/mol. The predicted octanol–water partition coefficient (Wildman–Crippen LogP) is 5.40. The van der Waals surface area contributed by atoms with E-state index < -0.39 is 5.92 Å². The van der Waals surface area contributed by atoms with Crippen molar-refractivity contribution < 1.29 is 14.1 Å². The molecule has 0 aliphatic heterocycles. The van der Waals surface area contributed by atoms with Crippen LogP contribution in [0.25, 0.3) is 0 Å². The van der Waals surface area contributed by atoms with Gasteiger partial charge in [0.05, 0.1) is 23.0 Å². The molecular weight excluding hydrogens is 364 g/mol. The third kappa shape index (κ3) is 4.63. The van der Waals surface area contributed by atoms with Gasteiger partial charge in [-0.25, -0.2) is 0 Å². The van der Waals surface area contributed by atoms with Gasteiger partial charge in [-0.1, -0.05) is 28.9 Å². The Kier molecular flexibility index (Phi) is 6.04. The van der Waals surface area contributed by atoms with E-state index in [1.54, 1.807) is 43.5 Å². The molecule has 0 bridgehead atoms. The van der Waals surface area contributed by atoms with Gasteiger partial charge in [0.2, 0.25) is 0 Å². The summed E-state index contributed by atoms with van der Waals surface area (Å²) in [6.45, 7) is 4.33. The highest BCUT2D eigenvalue weighted by atomic mass is 35.5. The summed E-state index contributed by atoms with van der Waals surface area (Å²) in [7, 11) is 0. The molecular formula is C21H19ClN2O3. The number of hydrogen-bond donors (Lipinski definition) is 0. The fraction of sp³-hybridized carbons (Fsp3) is 0.190. The third-order valence-corrected chi connectivity index (χ3v) is 4.22. The molecule has 1 atom stereocenters. The number of halogens is 1. The molecule has 0 radical (unpaired) electrons. The highest BCUT2D eigenvalue weighted by Crippen LogP contribution is 2.26. The molecule has 0 aliphatic carbocycles. The summed E-state index contributed by atoms with van der Waals surface area (Å²) in [5.41, 5.74) is 1.81. The molecule has 2 aromatic carbocycles. The summed E-state index contributed by atoms with van der Waals surface area (Å²) in [5, 5.41) is 4.27. The summed E-state index contributed by atoms with van der Waals surface area (Å²) in [5.74, 6) is 0.266. The SMILES string of the molecule is CCOc1ccc(N=CC(C(=O)c2ccccc2Cl)c2cc(C)no2)cc1. The molecule has 3 rings (SSSR count). The molecule has 0 N–H and O–H groups in total. The van der Waals surface area contributed by atoms with Crippen LogP contribution in [0.3, 0.4) is 0 Å². The summed E-state index contributed by atoms with van der Waals surface area (Å²) >= 11 is 6.19. The van der Waals surface area contributed by atoms with Gasteiger partial charge in [0.1, 0.15) is 11.7 Å². The van der Waals surface area contributed by atoms with Crippen LogP contribution >= 0.6 is 11.6 Å². The van der Waals surface area contributed by atoms with E-state index in [9.17, 15) is 4.79 Å². The lowest BCUT2D eigenvalue weighted by molar-refractivity contribution is 0.0974. The summed E-state index contributed by atoms with van der Waals surface area (Å²) in [4.78, 5) is 17.5. The monoisotopic (exact) mass is 382 g/mol. The van der Waals surface area contributed by atoms with Crippen LogP contribution in [0.1, 0.15) is 34.7 Å². The van der Waals surface area contributed by atoms with Crippen LogP contribution in [0.15, 0.2) is 64.1 Å². The topological polar surface area (TPSA) is 64.7 Å². The lowest BCUT2D eigenvalue weighted by atomic mass is 9.96. The van der Waals surface area contributed by atoms with Crippen molar-refractivity contribution in [1.29, 1.82) is 0 Å². The minimum absolute atomic E-state index is 0.202. The van der Waals surface area contributed by atoms with Crippen LogP contribution in [-0.4, -0.2) is 23.8 Å². The van der Waals surface area contributed by atoms with Crippen molar-refractivity contribution in [2.24, 2.45) is 4.99 Å². The highest BCUT2D eigenvalue weighted by Gasteiger charge is 2.25. The Morgan fingerprint density at radius 3 is 2.63 bits per heavy atom. The van der Waals surface area contributed by atoms with Crippen molar-refractivity contribution in [3.8, 4) is 5.75 Å². The Morgan fingerprint density at radius 2 is 2.00 bits per heavy atom. The lowest BCUT2D eigenvalue weighted by Gasteiger charge is -2.09. The maximum atomic E-state index is 13.1. The van der Waals surface area contributed by atoms with Gasteiger partial charge in [-0.3, -0.25) is 9.79 Å². The van der Waals surface area contributed by atoms with Crippen molar-refractivity contribution in [3.05, 3.63) is 76.6 Å². The molecule has 0 saturated carbocycles. The zero-order valence-electron chi connectivity index (χ0n) is 15.1. The largest absolute Gasteiger partial charge is 0.494 e. The highest BCUT2D eigenvalue weighted by molar-refractivity contribution is 6.34. The number of benzene rings is 2. The van der Waals surface area contributed by atoms with Crippen molar-refractivity contribution in [2.45, 2.75) is 19.8 Å². The zero-order chi connectivity index (χ0) is 19.2. The number of Topliss-reactive ketones (excluding diaryl/α,β-unsaturated/α-hetero) is 1. The van der Waals surface area contributed by atoms with Crippen molar-refractivity contribution in [3.63, 3.8) is 0 Å². The minimum Gasteiger partial charge on any atom is -0.494 e. The van der Waals surface area contributed by atoms with Crippen molar-refractivity contribution >= 4 is 29.3 Å². The standard InChI is InChI=1S/C21H19ClN2O3/c1-3-26-16-10-8-15(9-11-16)23-13-18(20-12-14(2)24-27-20)21(25)17-6-4-5-7-19(17)22/h4-13,18H,3H2,1-2H3. The van der Waals surface area contributed by atoms with Crippen molar-refractivity contribution in [2.75, 3.05) is 6.61 Å². The van der Waals surface area contributed by atoms with Crippen molar-refractivity contribution in [1.82, 2.24) is 5.16 Å².